The van der Waals surface area contributed by atoms with E-state index in [1.807, 2.05) is 0 Å². The molecule has 0 bridgehead atoms. The molecule has 1 saturated carbocycles. The molecule has 2 fully saturated rings. The lowest BCUT2D eigenvalue weighted by Crippen LogP contribution is -2.40. The number of carbonyl (C=O) groups excluding carboxylic acids is 1. The summed E-state index contributed by atoms with van der Waals surface area (Å²) < 4.78 is 39.4. The lowest BCUT2D eigenvalue weighted by molar-refractivity contribution is -0.105. The number of ether oxygens (including phenoxy) is 2. The van der Waals surface area contributed by atoms with E-state index in [-0.39, 0.29) is 15.5 Å². The largest absolute Gasteiger partial charge is 0.448 e. The van der Waals surface area contributed by atoms with Crippen LogP contribution in [0.3, 0.4) is 0 Å². The summed E-state index contributed by atoms with van der Waals surface area (Å²) in [7, 11) is -3.65. The van der Waals surface area contributed by atoms with Crippen LogP contribution in [0.15, 0.2) is 41.3 Å². The van der Waals surface area contributed by atoms with Gasteiger partial charge in [0.25, 0.3) is 11.7 Å². The van der Waals surface area contributed by atoms with Gasteiger partial charge in [0.2, 0.25) is 10.0 Å². The molecule has 1 amide bonds. The van der Waals surface area contributed by atoms with E-state index in [4.69, 9.17) is 21.1 Å². The number of amides is 1. The normalized spacial score (nSPS) is 19.9. The van der Waals surface area contributed by atoms with Crippen LogP contribution in [0.4, 0.5) is 5.69 Å². The van der Waals surface area contributed by atoms with Gasteiger partial charge in [-0.2, -0.15) is 4.31 Å². The lowest BCUT2D eigenvalue weighted by Gasteiger charge is -2.31. The molecule has 0 atom stereocenters. The number of sulfonamides is 1. The predicted molar refractivity (Wildman–Crippen MR) is 121 cm³/mol. The highest BCUT2D eigenvalue weighted by atomic mass is 35.5. The van der Waals surface area contributed by atoms with Gasteiger partial charge in [-0.15, -0.1) is 0 Å². The highest BCUT2D eigenvalue weighted by Crippen LogP contribution is 2.46. The van der Waals surface area contributed by atoms with Gasteiger partial charge in [0.15, 0.2) is 11.5 Å². The van der Waals surface area contributed by atoms with Crippen molar-refractivity contribution in [2.45, 2.75) is 55.6 Å². The van der Waals surface area contributed by atoms with Crippen molar-refractivity contribution < 1.29 is 22.7 Å². The van der Waals surface area contributed by atoms with Crippen molar-refractivity contribution in [3.63, 3.8) is 0 Å². The van der Waals surface area contributed by atoms with Crippen LogP contribution in [0, 0.1) is 0 Å². The first kappa shape index (κ1) is 21.6. The van der Waals surface area contributed by atoms with Gasteiger partial charge in [-0.25, -0.2) is 8.42 Å². The molecule has 2 aromatic rings. The smallest absolute Gasteiger partial charge is 0.257 e. The van der Waals surface area contributed by atoms with E-state index in [9.17, 15) is 13.2 Å². The first-order valence-electron chi connectivity index (χ1n) is 11.0. The van der Waals surface area contributed by atoms with Crippen LogP contribution in [0.1, 0.15) is 55.3 Å². The number of anilines is 1. The van der Waals surface area contributed by atoms with E-state index in [2.05, 4.69) is 5.32 Å². The second kappa shape index (κ2) is 8.24. The Morgan fingerprint density at radius 3 is 2.41 bits per heavy atom. The van der Waals surface area contributed by atoms with Gasteiger partial charge in [0.05, 0.1) is 15.5 Å². The molecule has 170 valence electrons. The van der Waals surface area contributed by atoms with E-state index in [1.165, 1.54) is 28.9 Å². The molecule has 1 saturated heterocycles. The maximum absolute atomic E-state index is 13.0. The molecule has 1 N–H and O–H groups in total. The zero-order chi connectivity index (χ0) is 22.3. The molecule has 0 unspecified atom stereocenters. The molecule has 9 heteroatoms. The van der Waals surface area contributed by atoms with Gasteiger partial charge in [-0.3, -0.25) is 4.79 Å². The summed E-state index contributed by atoms with van der Waals surface area (Å²) in [5.41, 5.74) is 0.627. The standard InChI is InChI=1S/C23H25ClN2O5S/c24-19-8-7-17(32(28,29)26-12-4-5-13-26)15-18(19)22(27)25-16-6-9-20-21(14-16)31-23(30-20)10-2-1-3-11-23/h6-9,14-15H,1-5,10-13H2,(H,25,27). The monoisotopic (exact) mass is 476 g/mol. The van der Waals surface area contributed by atoms with Crippen molar-refractivity contribution in [2.24, 2.45) is 0 Å². The topological polar surface area (TPSA) is 84.9 Å². The Balaban J connectivity index is 1.35. The lowest BCUT2D eigenvalue weighted by atomic mass is 9.94. The Bertz CT molecular complexity index is 1150. The minimum atomic E-state index is -3.65. The van der Waals surface area contributed by atoms with Crippen LogP contribution in [0.25, 0.3) is 0 Å². The van der Waals surface area contributed by atoms with Crippen molar-refractivity contribution in [1.82, 2.24) is 4.31 Å². The summed E-state index contributed by atoms with van der Waals surface area (Å²) in [6, 6.07) is 9.48. The molecule has 2 aromatic carbocycles. The van der Waals surface area contributed by atoms with Crippen LogP contribution in [0.5, 0.6) is 11.5 Å². The third kappa shape index (κ3) is 3.95. The van der Waals surface area contributed by atoms with Gasteiger partial charge in [0, 0.05) is 37.7 Å². The van der Waals surface area contributed by atoms with Crippen molar-refractivity contribution in [2.75, 3.05) is 18.4 Å². The van der Waals surface area contributed by atoms with Gasteiger partial charge < -0.3 is 14.8 Å². The number of nitrogens with zero attached hydrogens (tertiary/aromatic N) is 1. The van der Waals surface area contributed by atoms with Crippen molar-refractivity contribution in [3.8, 4) is 11.5 Å². The number of hydrogen-bond acceptors (Lipinski definition) is 5. The quantitative estimate of drug-likeness (QED) is 0.684. The summed E-state index contributed by atoms with van der Waals surface area (Å²) in [4.78, 5) is 13.0. The van der Waals surface area contributed by atoms with Gasteiger partial charge >= 0.3 is 0 Å². The van der Waals surface area contributed by atoms with E-state index < -0.39 is 21.7 Å². The number of nitrogens with one attached hydrogen (secondary N) is 1. The Morgan fingerprint density at radius 1 is 0.938 bits per heavy atom. The SMILES string of the molecule is O=C(Nc1ccc2c(c1)OC1(CCCCC1)O2)c1cc(S(=O)(=O)N2CCCC2)ccc1Cl. The Hall–Kier alpha value is -2.29. The van der Waals surface area contributed by atoms with E-state index >= 15 is 0 Å². The number of halogens is 1. The van der Waals surface area contributed by atoms with Crippen LogP contribution in [0.2, 0.25) is 5.02 Å². The van der Waals surface area contributed by atoms with E-state index in [1.54, 1.807) is 18.2 Å². The maximum Gasteiger partial charge on any atom is 0.257 e. The zero-order valence-electron chi connectivity index (χ0n) is 17.6. The van der Waals surface area contributed by atoms with E-state index in [0.29, 0.717) is 30.3 Å². The second-order valence-electron chi connectivity index (χ2n) is 8.54. The maximum atomic E-state index is 13.0. The highest BCUT2D eigenvalue weighted by molar-refractivity contribution is 7.89. The molecule has 3 aliphatic rings. The minimum Gasteiger partial charge on any atom is -0.448 e. The van der Waals surface area contributed by atoms with Crippen LogP contribution < -0.4 is 14.8 Å². The average molecular weight is 477 g/mol. The third-order valence-electron chi connectivity index (χ3n) is 6.29. The second-order valence-corrected chi connectivity index (χ2v) is 10.9. The molecule has 32 heavy (non-hydrogen) atoms. The summed E-state index contributed by atoms with van der Waals surface area (Å²) in [5.74, 6) is 0.188. The molecule has 0 aromatic heterocycles. The summed E-state index contributed by atoms with van der Waals surface area (Å²) in [5, 5.41) is 2.99. The molecule has 5 rings (SSSR count). The Labute approximate surface area is 192 Å². The van der Waals surface area contributed by atoms with Crippen molar-refractivity contribution in [1.29, 1.82) is 0 Å². The van der Waals surface area contributed by atoms with Gasteiger partial charge in [0.1, 0.15) is 0 Å². The fraction of sp³-hybridized carbons (Fsp3) is 0.435. The minimum absolute atomic E-state index is 0.0684. The van der Waals surface area contributed by atoms with Crippen LogP contribution >= 0.6 is 11.6 Å². The van der Waals surface area contributed by atoms with Crippen molar-refractivity contribution in [3.05, 3.63) is 47.0 Å². The number of carbonyl (C=O) groups is 1. The molecular weight excluding hydrogens is 452 g/mol. The van der Waals surface area contributed by atoms with Crippen molar-refractivity contribution >= 4 is 33.2 Å². The number of benzene rings is 2. The predicted octanol–water partition coefficient (Wildman–Crippen LogP) is 4.81. The molecule has 0 radical (unpaired) electrons. The van der Waals surface area contributed by atoms with Crippen LogP contribution in [-0.4, -0.2) is 37.5 Å². The summed E-state index contributed by atoms with van der Waals surface area (Å²) in [6.45, 7) is 0.982. The van der Waals surface area contributed by atoms with Gasteiger partial charge in [-0.1, -0.05) is 18.0 Å². The molecule has 2 aliphatic heterocycles. The molecular formula is C23H25ClN2O5S. The fourth-order valence-corrected chi connectivity index (χ4v) is 6.33. The number of fused-ring (bicyclic) bond motifs is 1. The summed E-state index contributed by atoms with van der Waals surface area (Å²) in [6.07, 6.45) is 6.67. The Morgan fingerprint density at radius 2 is 1.66 bits per heavy atom. The zero-order valence-corrected chi connectivity index (χ0v) is 19.2. The fourth-order valence-electron chi connectivity index (χ4n) is 4.58. The molecule has 1 spiro atoms. The van der Waals surface area contributed by atoms with Crippen LogP contribution in [-0.2, 0) is 10.0 Å². The summed E-state index contributed by atoms with van der Waals surface area (Å²) >= 11 is 6.24. The van der Waals surface area contributed by atoms with E-state index in [0.717, 1.165) is 38.5 Å². The number of hydrogen-bond donors (Lipinski definition) is 1. The van der Waals surface area contributed by atoms with Gasteiger partial charge in [-0.05, 0) is 56.0 Å². The molecule has 2 heterocycles. The first-order valence-corrected chi connectivity index (χ1v) is 12.8. The first-order chi connectivity index (χ1) is 15.4. The third-order valence-corrected chi connectivity index (χ3v) is 8.52. The average Bonchev–Trinajstić information content (AvgIpc) is 3.42. The number of rotatable bonds is 4. The molecule has 7 nitrogen and oxygen atoms in total. The Kier molecular flexibility index (Phi) is 5.55. The molecule has 1 aliphatic carbocycles. The highest BCUT2D eigenvalue weighted by Gasteiger charge is 2.42.